The molecule has 0 spiro atoms. The van der Waals surface area contributed by atoms with Crippen molar-refractivity contribution in [3.63, 3.8) is 0 Å². The molecule has 1 aliphatic rings. The summed E-state index contributed by atoms with van der Waals surface area (Å²) in [7, 11) is 3.55. The summed E-state index contributed by atoms with van der Waals surface area (Å²) in [5, 5.41) is 0. The van der Waals surface area contributed by atoms with Crippen LogP contribution in [-0.2, 0) is 0 Å². The van der Waals surface area contributed by atoms with Gasteiger partial charge in [-0.3, -0.25) is 9.80 Å². The lowest BCUT2D eigenvalue weighted by Crippen LogP contribution is -2.44. The molecule has 0 N–H and O–H groups in total. The van der Waals surface area contributed by atoms with Crippen molar-refractivity contribution in [1.29, 1.82) is 0 Å². The van der Waals surface area contributed by atoms with E-state index >= 15 is 0 Å². The van der Waals surface area contributed by atoms with E-state index in [9.17, 15) is 4.39 Å². The Morgan fingerprint density at radius 2 is 1.73 bits per heavy atom. The quantitative estimate of drug-likeness (QED) is 0.562. The molecule has 0 aromatic rings. The Hall–Kier alpha value is -0.150. The van der Waals surface area contributed by atoms with Crippen molar-refractivity contribution in [2.24, 2.45) is 0 Å². The van der Waals surface area contributed by atoms with Gasteiger partial charge in [-0.1, -0.05) is 6.42 Å². The second kappa shape index (κ2) is 4.02. The van der Waals surface area contributed by atoms with E-state index < -0.39 is 6.42 Å². The number of hydrogen-bond acceptors (Lipinski definition) is 2. The van der Waals surface area contributed by atoms with Gasteiger partial charge in [-0.05, 0) is 26.9 Å². The topological polar surface area (TPSA) is 6.48 Å². The van der Waals surface area contributed by atoms with E-state index in [0.29, 0.717) is 0 Å². The molecule has 0 aromatic heterocycles. The van der Waals surface area contributed by atoms with E-state index in [1.807, 2.05) is 4.90 Å². The zero-order valence-corrected chi connectivity index (χ0v) is 7.39. The second-order valence-corrected chi connectivity index (χ2v) is 3.37. The number of likely N-dealkylation sites (tertiary alicyclic amines) is 1. The van der Waals surface area contributed by atoms with Gasteiger partial charge in [0.15, 0.2) is 0 Å². The third-order valence-electron chi connectivity index (χ3n) is 2.12. The first-order valence-electron chi connectivity index (χ1n) is 4.26. The molecule has 1 atom stereocenters. The summed E-state index contributed by atoms with van der Waals surface area (Å²) in [5.74, 6) is 0. The highest BCUT2D eigenvalue weighted by molar-refractivity contribution is 4.65. The van der Waals surface area contributed by atoms with E-state index in [-0.39, 0.29) is 0 Å². The molecule has 1 aliphatic heterocycles. The fourth-order valence-electron chi connectivity index (χ4n) is 1.46. The first-order valence-corrected chi connectivity index (χ1v) is 4.26. The smallest absolute Gasteiger partial charge is 0.209 e. The van der Waals surface area contributed by atoms with Crippen molar-refractivity contribution < 1.29 is 4.39 Å². The number of piperidine rings is 1. The van der Waals surface area contributed by atoms with Gasteiger partial charge in [-0.15, -0.1) is 0 Å². The summed E-state index contributed by atoms with van der Waals surface area (Å²) in [6, 6.07) is 0. The molecular formula is C8H17FN2. The summed E-state index contributed by atoms with van der Waals surface area (Å²) < 4.78 is 13.3. The molecule has 1 saturated heterocycles. The van der Waals surface area contributed by atoms with Crippen LogP contribution >= 0.6 is 0 Å². The Morgan fingerprint density at radius 3 is 2.18 bits per heavy atom. The number of nitrogens with zero attached hydrogens (tertiary/aromatic N) is 2. The predicted octanol–water partition coefficient (Wildman–Crippen LogP) is 1.29. The average Bonchev–Trinajstić information content (AvgIpc) is 2.05. The fraction of sp³-hybridized carbons (Fsp3) is 1.00. The fourth-order valence-corrected chi connectivity index (χ4v) is 1.46. The molecule has 1 heterocycles. The Bertz CT molecular complexity index is 111. The lowest BCUT2D eigenvalue weighted by Gasteiger charge is -2.32. The van der Waals surface area contributed by atoms with Gasteiger partial charge in [-0.25, -0.2) is 4.39 Å². The third-order valence-corrected chi connectivity index (χ3v) is 2.12. The molecule has 66 valence electrons. The van der Waals surface area contributed by atoms with Crippen LogP contribution < -0.4 is 0 Å². The second-order valence-electron chi connectivity index (χ2n) is 3.37. The Labute approximate surface area is 68.0 Å². The van der Waals surface area contributed by atoms with E-state index in [0.717, 1.165) is 25.9 Å². The van der Waals surface area contributed by atoms with E-state index in [1.165, 1.54) is 6.42 Å². The third kappa shape index (κ3) is 2.42. The summed E-state index contributed by atoms with van der Waals surface area (Å²) in [6.45, 7) is 1.83. The standard InChI is InChI=1S/C8H17FN2/c1-10(2)8(9)11-6-4-3-5-7-11/h8H,3-7H2,1-2H3/t8-/m1/s1. The van der Waals surface area contributed by atoms with E-state index in [2.05, 4.69) is 0 Å². The Balaban J connectivity index is 2.32. The van der Waals surface area contributed by atoms with Gasteiger partial charge >= 0.3 is 0 Å². The highest BCUT2D eigenvalue weighted by atomic mass is 19.1. The summed E-state index contributed by atoms with van der Waals surface area (Å²) in [5.41, 5.74) is 0. The SMILES string of the molecule is CN(C)[C@@H](F)N1CCCCC1. The molecule has 0 amide bonds. The minimum Gasteiger partial charge on any atom is -0.267 e. The number of rotatable bonds is 2. The largest absolute Gasteiger partial charge is 0.267 e. The van der Waals surface area contributed by atoms with E-state index in [4.69, 9.17) is 0 Å². The number of halogens is 1. The van der Waals surface area contributed by atoms with Crippen molar-refractivity contribution in [1.82, 2.24) is 9.80 Å². The molecule has 1 rings (SSSR count). The molecule has 1 fully saturated rings. The predicted molar refractivity (Wildman–Crippen MR) is 44.0 cm³/mol. The maximum atomic E-state index is 13.3. The maximum absolute atomic E-state index is 13.3. The normalized spacial score (nSPS) is 24.0. The first-order chi connectivity index (χ1) is 5.22. The van der Waals surface area contributed by atoms with Crippen molar-refractivity contribution >= 4 is 0 Å². The van der Waals surface area contributed by atoms with Gasteiger partial charge in [0.1, 0.15) is 0 Å². The molecule has 0 saturated carbocycles. The van der Waals surface area contributed by atoms with Gasteiger partial charge in [-0.2, -0.15) is 0 Å². The van der Waals surface area contributed by atoms with Crippen molar-refractivity contribution in [3.05, 3.63) is 0 Å². The first kappa shape index (κ1) is 8.94. The van der Waals surface area contributed by atoms with Crippen LogP contribution in [0.3, 0.4) is 0 Å². The van der Waals surface area contributed by atoms with Gasteiger partial charge in [0.25, 0.3) is 0 Å². The zero-order chi connectivity index (χ0) is 8.27. The number of alkyl halides is 1. The lowest BCUT2D eigenvalue weighted by atomic mass is 10.1. The van der Waals surface area contributed by atoms with Gasteiger partial charge in [0.05, 0.1) is 0 Å². The van der Waals surface area contributed by atoms with Gasteiger partial charge in [0.2, 0.25) is 6.42 Å². The molecule has 0 aliphatic carbocycles. The molecule has 11 heavy (non-hydrogen) atoms. The molecule has 3 heteroatoms. The molecule has 0 unspecified atom stereocenters. The van der Waals surface area contributed by atoms with Crippen LogP contribution in [0.2, 0.25) is 0 Å². The molecular weight excluding hydrogens is 143 g/mol. The van der Waals surface area contributed by atoms with Crippen molar-refractivity contribution in [3.8, 4) is 0 Å². The Kier molecular flexibility index (Phi) is 3.27. The summed E-state index contributed by atoms with van der Waals surface area (Å²) in [6.07, 6.45) is 2.68. The summed E-state index contributed by atoms with van der Waals surface area (Å²) in [4.78, 5) is 3.51. The molecule has 2 nitrogen and oxygen atoms in total. The van der Waals surface area contributed by atoms with Crippen LogP contribution in [0.15, 0.2) is 0 Å². The Morgan fingerprint density at radius 1 is 1.18 bits per heavy atom. The molecule has 0 radical (unpaired) electrons. The molecule has 0 bridgehead atoms. The number of hydrogen-bond donors (Lipinski definition) is 0. The van der Waals surface area contributed by atoms with Crippen molar-refractivity contribution in [2.45, 2.75) is 25.7 Å². The summed E-state index contributed by atoms with van der Waals surface area (Å²) >= 11 is 0. The maximum Gasteiger partial charge on any atom is 0.209 e. The monoisotopic (exact) mass is 160 g/mol. The van der Waals surface area contributed by atoms with Gasteiger partial charge in [0, 0.05) is 13.1 Å². The highest BCUT2D eigenvalue weighted by Crippen LogP contribution is 2.13. The van der Waals surface area contributed by atoms with Crippen LogP contribution in [0.5, 0.6) is 0 Å². The lowest BCUT2D eigenvalue weighted by molar-refractivity contribution is -0.0344. The minimum atomic E-state index is -0.879. The van der Waals surface area contributed by atoms with Crippen LogP contribution in [0.4, 0.5) is 4.39 Å². The zero-order valence-electron chi connectivity index (χ0n) is 7.39. The minimum absolute atomic E-state index is 0.879. The van der Waals surface area contributed by atoms with Crippen molar-refractivity contribution in [2.75, 3.05) is 27.2 Å². The van der Waals surface area contributed by atoms with Crippen LogP contribution in [-0.4, -0.2) is 43.4 Å². The highest BCUT2D eigenvalue weighted by Gasteiger charge is 2.20. The molecule has 0 aromatic carbocycles. The average molecular weight is 160 g/mol. The van der Waals surface area contributed by atoms with Crippen LogP contribution in [0.1, 0.15) is 19.3 Å². The van der Waals surface area contributed by atoms with Crippen LogP contribution in [0, 0.1) is 0 Å². The van der Waals surface area contributed by atoms with Gasteiger partial charge < -0.3 is 0 Å². The van der Waals surface area contributed by atoms with E-state index in [1.54, 1.807) is 19.0 Å². The van der Waals surface area contributed by atoms with Crippen LogP contribution in [0.25, 0.3) is 0 Å².